The van der Waals surface area contributed by atoms with E-state index < -0.39 is 0 Å². The Morgan fingerprint density at radius 2 is 2.35 bits per heavy atom. The van der Waals surface area contributed by atoms with Crippen LogP contribution in [-0.2, 0) is 11.8 Å². The summed E-state index contributed by atoms with van der Waals surface area (Å²) >= 11 is 4.71. The SMILES string of the molecule is COC(=O)c1ccc(Nc2nn(C)cc2Br)s1. The van der Waals surface area contributed by atoms with Gasteiger partial charge in [0.2, 0.25) is 0 Å². The average molecular weight is 316 g/mol. The molecule has 7 heteroatoms. The van der Waals surface area contributed by atoms with Gasteiger partial charge in [-0.15, -0.1) is 11.3 Å². The van der Waals surface area contributed by atoms with E-state index in [0.717, 1.165) is 9.47 Å². The van der Waals surface area contributed by atoms with Crippen LogP contribution in [0.25, 0.3) is 0 Å². The second kappa shape index (κ2) is 4.89. The fourth-order valence-corrected chi connectivity index (χ4v) is 2.57. The number of methoxy groups -OCH3 is 1. The van der Waals surface area contributed by atoms with Crippen LogP contribution >= 0.6 is 27.3 Å². The number of ether oxygens (including phenoxy) is 1. The van der Waals surface area contributed by atoms with Crippen LogP contribution in [0.2, 0.25) is 0 Å². The molecule has 2 aromatic heterocycles. The molecule has 0 aliphatic carbocycles. The van der Waals surface area contributed by atoms with E-state index in [1.807, 2.05) is 19.3 Å². The van der Waals surface area contributed by atoms with Crippen LogP contribution in [0.5, 0.6) is 0 Å². The highest BCUT2D eigenvalue weighted by atomic mass is 79.9. The quantitative estimate of drug-likeness (QED) is 0.885. The number of aryl methyl sites for hydroxylation is 1. The average Bonchev–Trinajstić information content (AvgIpc) is 2.86. The molecule has 0 bridgehead atoms. The number of aromatic nitrogens is 2. The number of halogens is 1. The molecule has 1 N–H and O–H groups in total. The number of nitrogens with one attached hydrogen (secondary N) is 1. The Morgan fingerprint density at radius 3 is 2.94 bits per heavy atom. The van der Waals surface area contributed by atoms with Crippen LogP contribution in [0.15, 0.2) is 22.8 Å². The highest BCUT2D eigenvalue weighted by Crippen LogP contribution is 2.28. The zero-order chi connectivity index (χ0) is 12.4. The molecule has 0 amide bonds. The third-order valence-corrected chi connectivity index (χ3v) is 3.58. The number of thiophene rings is 1. The lowest BCUT2D eigenvalue weighted by atomic mass is 10.5. The monoisotopic (exact) mass is 315 g/mol. The van der Waals surface area contributed by atoms with Gasteiger partial charge in [0.05, 0.1) is 16.6 Å². The molecule has 90 valence electrons. The zero-order valence-electron chi connectivity index (χ0n) is 9.23. The second-order valence-corrected chi connectivity index (χ2v) is 5.22. The van der Waals surface area contributed by atoms with Crippen molar-refractivity contribution in [3.05, 3.63) is 27.7 Å². The number of carbonyl (C=O) groups is 1. The van der Waals surface area contributed by atoms with E-state index in [1.165, 1.54) is 18.4 Å². The van der Waals surface area contributed by atoms with Crippen molar-refractivity contribution in [2.75, 3.05) is 12.4 Å². The number of rotatable bonds is 3. The first-order chi connectivity index (χ1) is 8.10. The summed E-state index contributed by atoms with van der Waals surface area (Å²) < 4.78 is 7.21. The molecule has 17 heavy (non-hydrogen) atoms. The molecule has 5 nitrogen and oxygen atoms in total. The zero-order valence-corrected chi connectivity index (χ0v) is 11.6. The van der Waals surface area contributed by atoms with Crippen molar-refractivity contribution in [1.29, 1.82) is 0 Å². The molecule has 0 aromatic carbocycles. The standard InChI is InChI=1S/C10H10BrN3O2S/c1-14-5-6(11)9(13-14)12-8-4-3-7(17-8)10(15)16-2/h3-5H,1-2H3,(H,12,13). The van der Waals surface area contributed by atoms with E-state index in [0.29, 0.717) is 10.7 Å². The molecular formula is C10H10BrN3O2S. The van der Waals surface area contributed by atoms with Crippen molar-refractivity contribution in [3.63, 3.8) is 0 Å². The van der Waals surface area contributed by atoms with Gasteiger partial charge in [-0.1, -0.05) is 0 Å². The molecule has 2 rings (SSSR count). The fraction of sp³-hybridized carbons (Fsp3) is 0.200. The Morgan fingerprint density at radius 1 is 1.59 bits per heavy atom. The lowest BCUT2D eigenvalue weighted by molar-refractivity contribution is 0.0606. The Balaban J connectivity index is 2.17. The third kappa shape index (κ3) is 2.67. The van der Waals surface area contributed by atoms with Gasteiger partial charge in [-0.05, 0) is 28.1 Å². The Bertz CT molecular complexity index is 549. The van der Waals surface area contributed by atoms with Gasteiger partial charge in [-0.3, -0.25) is 4.68 Å². The number of anilines is 2. The molecule has 0 fully saturated rings. The Labute approximate surface area is 111 Å². The molecule has 0 atom stereocenters. The minimum atomic E-state index is -0.330. The predicted molar refractivity (Wildman–Crippen MR) is 69.8 cm³/mol. The molecule has 0 saturated carbocycles. The van der Waals surface area contributed by atoms with Crippen LogP contribution < -0.4 is 5.32 Å². The molecule has 0 aliphatic rings. The predicted octanol–water partition coefficient (Wildman–Crippen LogP) is 2.77. The van der Waals surface area contributed by atoms with Gasteiger partial charge in [0.15, 0.2) is 5.82 Å². The van der Waals surface area contributed by atoms with Crippen molar-refractivity contribution in [1.82, 2.24) is 9.78 Å². The van der Waals surface area contributed by atoms with Crippen molar-refractivity contribution in [3.8, 4) is 0 Å². The summed E-state index contributed by atoms with van der Waals surface area (Å²) in [6, 6.07) is 3.54. The van der Waals surface area contributed by atoms with Gasteiger partial charge < -0.3 is 10.1 Å². The smallest absolute Gasteiger partial charge is 0.348 e. The number of nitrogens with zero attached hydrogens (tertiary/aromatic N) is 2. The maximum absolute atomic E-state index is 11.3. The van der Waals surface area contributed by atoms with Gasteiger partial charge in [0.1, 0.15) is 4.88 Å². The van der Waals surface area contributed by atoms with E-state index in [2.05, 4.69) is 31.1 Å². The summed E-state index contributed by atoms with van der Waals surface area (Å²) in [6.45, 7) is 0. The first-order valence-corrected chi connectivity index (χ1v) is 6.35. The molecule has 0 spiro atoms. The van der Waals surface area contributed by atoms with Crippen molar-refractivity contribution in [2.24, 2.45) is 7.05 Å². The van der Waals surface area contributed by atoms with Crippen LogP contribution in [0.3, 0.4) is 0 Å². The van der Waals surface area contributed by atoms with E-state index in [9.17, 15) is 4.79 Å². The molecular weight excluding hydrogens is 306 g/mol. The Kier molecular flexibility index (Phi) is 3.49. The summed E-state index contributed by atoms with van der Waals surface area (Å²) in [5.74, 6) is 0.383. The third-order valence-electron chi connectivity index (χ3n) is 2.02. The lowest BCUT2D eigenvalue weighted by Crippen LogP contribution is -1.96. The summed E-state index contributed by atoms with van der Waals surface area (Å²) in [5.41, 5.74) is 0. The summed E-state index contributed by atoms with van der Waals surface area (Å²) in [5, 5.41) is 8.19. The number of hydrogen-bond donors (Lipinski definition) is 1. The number of carbonyl (C=O) groups excluding carboxylic acids is 1. The maximum Gasteiger partial charge on any atom is 0.348 e. The molecule has 0 saturated heterocycles. The summed E-state index contributed by atoms with van der Waals surface area (Å²) in [4.78, 5) is 11.8. The highest BCUT2D eigenvalue weighted by Gasteiger charge is 2.11. The number of esters is 1. The molecule has 2 aromatic rings. The van der Waals surface area contributed by atoms with E-state index in [-0.39, 0.29) is 5.97 Å². The van der Waals surface area contributed by atoms with Crippen molar-refractivity contribution >= 4 is 44.1 Å². The van der Waals surface area contributed by atoms with Crippen molar-refractivity contribution in [2.45, 2.75) is 0 Å². The summed E-state index contributed by atoms with van der Waals surface area (Å²) in [7, 11) is 3.20. The van der Waals surface area contributed by atoms with E-state index in [1.54, 1.807) is 10.7 Å². The molecule has 2 heterocycles. The minimum absolute atomic E-state index is 0.330. The molecule has 0 unspecified atom stereocenters. The minimum Gasteiger partial charge on any atom is -0.465 e. The lowest BCUT2D eigenvalue weighted by Gasteiger charge is -1.98. The highest BCUT2D eigenvalue weighted by molar-refractivity contribution is 9.10. The molecule has 0 radical (unpaired) electrons. The Hall–Kier alpha value is -1.34. The van der Waals surface area contributed by atoms with Gasteiger partial charge in [0.25, 0.3) is 0 Å². The number of hydrogen-bond acceptors (Lipinski definition) is 5. The van der Waals surface area contributed by atoms with Crippen LogP contribution in [0.1, 0.15) is 9.67 Å². The van der Waals surface area contributed by atoms with Gasteiger partial charge >= 0.3 is 5.97 Å². The topological polar surface area (TPSA) is 56.1 Å². The second-order valence-electron chi connectivity index (χ2n) is 3.28. The summed E-state index contributed by atoms with van der Waals surface area (Å²) in [6.07, 6.45) is 1.84. The van der Waals surface area contributed by atoms with Gasteiger partial charge in [-0.25, -0.2) is 4.79 Å². The van der Waals surface area contributed by atoms with Crippen molar-refractivity contribution < 1.29 is 9.53 Å². The van der Waals surface area contributed by atoms with Gasteiger partial charge in [0, 0.05) is 13.2 Å². The fourth-order valence-electron chi connectivity index (χ4n) is 1.28. The first-order valence-electron chi connectivity index (χ1n) is 4.74. The normalized spacial score (nSPS) is 10.3. The van der Waals surface area contributed by atoms with E-state index in [4.69, 9.17) is 0 Å². The van der Waals surface area contributed by atoms with Crippen LogP contribution in [0.4, 0.5) is 10.8 Å². The molecule has 0 aliphatic heterocycles. The van der Waals surface area contributed by atoms with E-state index >= 15 is 0 Å². The van der Waals surface area contributed by atoms with Crippen LogP contribution in [0, 0.1) is 0 Å². The van der Waals surface area contributed by atoms with Gasteiger partial charge in [-0.2, -0.15) is 5.10 Å². The first kappa shape index (κ1) is 12.1. The largest absolute Gasteiger partial charge is 0.465 e. The van der Waals surface area contributed by atoms with Crippen LogP contribution in [-0.4, -0.2) is 22.9 Å². The maximum atomic E-state index is 11.3.